The summed E-state index contributed by atoms with van der Waals surface area (Å²) in [6.45, 7) is 13.2. The molecule has 5 nitrogen and oxygen atoms in total. The van der Waals surface area contributed by atoms with Crippen molar-refractivity contribution >= 4 is 11.0 Å². The molecule has 0 bridgehead atoms. The number of hydrogen-bond donors (Lipinski definition) is 1. The van der Waals surface area contributed by atoms with Crippen LogP contribution in [-0.4, -0.2) is 63.3 Å². The number of hydrogen-bond acceptors (Lipinski definition) is 4. The lowest BCUT2D eigenvalue weighted by molar-refractivity contribution is 0.0507. The van der Waals surface area contributed by atoms with E-state index in [4.69, 9.17) is 4.98 Å². The molecule has 3 rings (SSSR count). The number of benzene rings is 1. The second-order valence-electron chi connectivity index (χ2n) is 7.88. The number of aliphatic hydroxyl groups excluding tert-OH is 1. The summed E-state index contributed by atoms with van der Waals surface area (Å²) < 4.78 is 2.33. The van der Waals surface area contributed by atoms with E-state index in [-0.39, 0.29) is 6.61 Å². The number of nitrogens with zero attached hydrogens (tertiary/aromatic N) is 4. The van der Waals surface area contributed by atoms with Crippen LogP contribution in [0.5, 0.6) is 0 Å². The second-order valence-corrected chi connectivity index (χ2v) is 7.88. The molecule has 1 aliphatic heterocycles. The van der Waals surface area contributed by atoms with Gasteiger partial charge in [0.15, 0.2) is 0 Å². The van der Waals surface area contributed by atoms with Gasteiger partial charge >= 0.3 is 0 Å². The van der Waals surface area contributed by atoms with Crippen LogP contribution < -0.4 is 0 Å². The Hall–Kier alpha value is -1.43. The van der Waals surface area contributed by atoms with Crippen LogP contribution in [0.2, 0.25) is 0 Å². The summed E-state index contributed by atoms with van der Waals surface area (Å²) in [4.78, 5) is 9.98. The molecule has 5 heteroatoms. The van der Waals surface area contributed by atoms with Crippen molar-refractivity contribution in [2.24, 2.45) is 5.92 Å². The van der Waals surface area contributed by atoms with Gasteiger partial charge in [0.05, 0.1) is 17.6 Å². The number of imidazole rings is 1. The maximum absolute atomic E-state index is 9.51. The van der Waals surface area contributed by atoms with Crippen LogP contribution >= 0.6 is 0 Å². The first kappa shape index (κ1) is 19.3. The van der Waals surface area contributed by atoms with Crippen LogP contribution in [0.1, 0.15) is 39.4 Å². The van der Waals surface area contributed by atoms with Crippen molar-refractivity contribution in [3.8, 4) is 0 Å². The molecule has 26 heavy (non-hydrogen) atoms. The molecule has 1 aliphatic rings. The lowest BCUT2D eigenvalue weighted by Gasteiger charge is -2.41. The van der Waals surface area contributed by atoms with Crippen molar-refractivity contribution < 1.29 is 5.11 Å². The highest BCUT2D eigenvalue weighted by Gasteiger charge is 2.27. The molecular formula is C21H34N4O. The Balaban J connectivity index is 1.69. The van der Waals surface area contributed by atoms with Gasteiger partial charge in [0.25, 0.3) is 0 Å². The monoisotopic (exact) mass is 358 g/mol. The Morgan fingerprint density at radius 3 is 2.77 bits per heavy atom. The molecule has 1 aromatic heterocycles. The predicted octanol–water partition coefficient (Wildman–Crippen LogP) is 2.97. The number of fused-ring (bicyclic) bond motifs is 1. The Kier molecular flexibility index (Phi) is 6.68. The molecule has 0 saturated carbocycles. The van der Waals surface area contributed by atoms with E-state index in [2.05, 4.69) is 59.4 Å². The second kappa shape index (κ2) is 8.98. The van der Waals surface area contributed by atoms with E-state index < -0.39 is 0 Å². The predicted molar refractivity (Wildman–Crippen MR) is 107 cm³/mol. The maximum Gasteiger partial charge on any atom is 0.124 e. The van der Waals surface area contributed by atoms with E-state index in [0.717, 1.165) is 62.9 Å². The first-order valence-electron chi connectivity index (χ1n) is 10.1. The Bertz CT molecular complexity index is 696. The average molecular weight is 359 g/mol. The van der Waals surface area contributed by atoms with Gasteiger partial charge in [-0.2, -0.15) is 0 Å². The van der Waals surface area contributed by atoms with Gasteiger partial charge in [-0.05, 0) is 44.4 Å². The first-order chi connectivity index (χ1) is 12.6. The number of aromatic nitrogens is 2. The minimum Gasteiger partial charge on any atom is -0.396 e. The van der Waals surface area contributed by atoms with Gasteiger partial charge in [-0.1, -0.05) is 26.0 Å². The van der Waals surface area contributed by atoms with Crippen LogP contribution in [0.4, 0.5) is 0 Å². The summed E-state index contributed by atoms with van der Waals surface area (Å²) in [6.07, 6.45) is 2.09. The summed E-state index contributed by atoms with van der Waals surface area (Å²) in [5.41, 5.74) is 2.32. The number of aliphatic hydroxyl groups is 1. The van der Waals surface area contributed by atoms with Crippen LogP contribution in [-0.2, 0) is 13.1 Å². The zero-order valence-corrected chi connectivity index (χ0v) is 16.6. The molecule has 1 atom stereocenters. The van der Waals surface area contributed by atoms with E-state index in [1.807, 2.05) is 0 Å². The molecule has 1 N–H and O–H groups in total. The minimum absolute atomic E-state index is 0.268. The summed E-state index contributed by atoms with van der Waals surface area (Å²) in [7, 11) is 0. The molecule has 1 aromatic carbocycles. The van der Waals surface area contributed by atoms with E-state index in [9.17, 15) is 5.11 Å². The first-order valence-corrected chi connectivity index (χ1v) is 10.1. The van der Waals surface area contributed by atoms with E-state index in [0.29, 0.717) is 6.04 Å². The molecule has 0 amide bonds. The lowest BCUT2D eigenvalue weighted by atomic mass is 10.1. The lowest BCUT2D eigenvalue weighted by Crippen LogP contribution is -2.53. The van der Waals surface area contributed by atoms with Gasteiger partial charge in [-0.25, -0.2) is 4.98 Å². The molecule has 1 saturated heterocycles. The highest BCUT2D eigenvalue weighted by atomic mass is 16.3. The van der Waals surface area contributed by atoms with Gasteiger partial charge < -0.3 is 9.67 Å². The number of para-hydroxylation sites is 2. The van der Waals surface area contributed by atoms with Crippen molar-refractivity contribution in [2.75, 3.05) is 32.8 Å². The maximum atomic E-state index is 9.51. The van der Waals surface area contributed by atoms with Crippen LogP contribution in [0.3, 0.4) is 0 Å². The smallest absolute Gasteiger partial charge is 0.124 e. The highest BCUT2D eigenvalue weighted by Crippen LogP contribution is 2.20. The molecule has 0 radical (unpaired) electrons. The molecule has 0 spiro atoms. The minimum atomic E-state index is 0.268. The fraction of sp³-hybridized carbons (Fsp3) is 0.667. The molecule has 0 aliphatic carbocycles. The Labute approximate surface area is 157 Å². The van der Waals surface area contributed by atoms with Gasteiger partial charge in [-0.15, -0.1) is 0 Å². The number of piperazine rings is 1. The topological polar surface area (TPSA) is 44.5 Å². The van der Waals surface area contributed by atoms with Crippen molar-refractivity contribution in [3.63, 3.8) is 0 Å². The molecule has 144 valence electrons. The fourth-order valence-corrected chi connectivity index (χ4v) is 4.04. The summed E-state index contributed by atoms with van der Waals surface area (Å²) in [6, 6.07) is 8.86. The average Bonchev–Trinajstić information content (AvgIpc) is 2.98. The Morgan fingerprint density at radius 1 is 1.23 bits per heavy atom. The highest BCUT2D eigenvalue weighted by molar-refractivity contribution is 5.75. The van der Waals surface area contributed by atoms with Crippen LogP contribution in [0.25, 0.3) is 11.0 Å². The Morgan fingerprint density at radius 2 is 2.04 bits per heavy atom. The van der Waals surface area contributed by atoms with Crippen LogP contribution in [0.15, 0.2) is 24.3 Å². The molecule has 1 fully saturated rings. The molecule has 0 unspecified atom stereocenters. The SMILES string of the molecule is CCn1c(CN2CCN(CCC(C)C)[C@H](CCO)C2)nc2ccccc21. The van der Waals surface area contributed by atoms with Gasteiger partial charge in [0.2, 0.25) is 0 Å². The quantitative estimate of drug-likeness (QED) is 0.788. The van der Waals surface area contributed by atoms with Gasteiger partial charge in [0.1, 0.15) is 5.82 Å². The van der Waals surface area contributed by atoms with Gasteiger partial charge in [-0.3, -0.25) is 9.80 Å². The third-order valence-electron chi connectivity index (χ3n) is 5.56. The third-order valence-corrected chi connectivity index (χ3v) is 5.56. The number of rotatable bonds is 8. The van der Waals surface area contributed by atoms with E-state index in [1.165, 1.54) is 11.9 Å². The van der Waals surface area contributed by atoms with Crippen molar-refractivity contribution in [2.45, 2.75) is 52.7 Å². The van der Waals surface area contributed by atoms with Crippen molar-refractivity contribution in [1.29, 1.82) is 0 Å². The van der Waals surface area contributed by atoms with Crippen LogP contribution in [0, 0.1) is 5.92 Å². The normalized spacial score (nSPS) is 19.7. The van der Waals surface area contributed by atoms with E-state index in [1.54, 1.807) is 0 Å². The molecule has 2 aromatic rings. The summed E-state index contributed by atoms with van der Waals surface area (Å²) in [5, 5.41) is 9.51. The zero-order chi connectivity index (χ0) is 18.5. The fourth-order valence-electron chi connectivity index (χ4n) is 4.04. The van der Waals surface area contributed by atoms with E-state index >= 15 is 0 Å². The summed E-state index contributed by atoms with van der Waals surface area (Å²) in [5.74, 6) is 1.89. The third kappa shape index (κ3) is 4.45. The zero-order valence-electron chi connectivity index (χ0n) is 16.6. The molecule has 2 heterocycles. The van der Waals surface area contributed by atoms with Crippen molar-refractivity contribution in [3.05, 3.63) is 30.1 Å². The summed E-state index contributed by atoms with van der Waals surface area (Å²) >= 11 is 0. The largest absolute Gasteiger partial charge is 0.396 e. The van der Waals surface area contributed by atoms with Crippen molar-refractivity contribution in [1.82, 2.24) is 19.4 Å². The molecular weight excluding hydrogens is 324 g/mol. The number of aryl methyl sites for hydroxylation is 1. The van der Waals surface area contributed by atoms with Gasteiger partial charge in [0, 0.05) is 38.8 Å². The standard InChI is InChI=1S/C21H34N4O/c1-4-25-20-8-6-5-7-19(20)22-21(25)16-23-12-13-24(11-9-17(2)3)18(15-23)10-14-26/h5-8,17-18,26H,4,9-16H2,1-3H3/t18-/m1/s1.